The fourth-order valence-electron chi connectivity index (χ4n) is 7.57. The van der Waals surface area contributed by atoms with E-state index in [-0.39, 0.29) is 11.0 Å². The molecule has 1 saturated heterocycles. The van der Waals surface area contributed by atoms with Crippen LogP contribution in [-0.4, -0.2) is 42.3 Å². The number of aromatic amines is 1. The number of piperidine rings is 1. The molecule has 0 radical (unpaired) electrons. The first-order valence-electron chi connectivity index (χ1n) is 14.5. The Labute approximate surface area is 222 Å². The molecule has 38 heavy (non-hydrogen) atoms. The second-order valence-corrected chi connectivity index (χ2v) is 12.7. The zero-order valence-corrected chi connectivity index (χ0v) is 22.2. The largest absolute Gasteiger partial charge is 0.353 e. The van der Waals surface area contributed by atoms with Gasteiger partial charge in [-0.1, -0.05) is 18.6 Å². The molecule has 0 unspecified atom stereocenters. The summed E-state index contributed by atoms with van der Waals surface area (Å²) in [6.07, 6.45) is 15.1. The van der Waals surface area contributed by atoms with Gasteiger partial charge in [0.2, 0.25) is 0 Å². The molecule has 3 saturated carbocycles. The highest BCUT2D eigenvalue weighted by molar-refractivity contribution is 5.84. The average molecular weight is 509 g/mol. The van der Waals surface area contributed by atoms with E-state index in [2.05, 4.69) is 61.2 Å². The molecule has 4 aromatic rings. The van der Waals surface area contributed by atoms with Gasteiger partial charge in [-0.25, -0.2) is 0 Å². The van der Waals surface area contributed by atoms with Crippen LogP contribution in [0.4, 0.5) is 0 Å². The predicted octanol–water partition coefficient (Wildman–Crippen LogP) is 5.17. The van der Waals surface area contributed by atoms with Crippen LogP contribution in [0.1, 0.15) is 86.4 Å². The van der Waals surface area contributed by atoms with Crippen LogP contribution in [0, 0.1) is 5.41 Å². The molecule has 4 fully saturated rings. The van der Waals surface area contributed by atoms with Crippen LogP contribution in [0.25, 0.3) is 16.6 Å². The number of H-pyrrole nitrogens is 1. The van der Waals surface area contributed by atoms with E-state index in [1.54, 1.807) is 0 Å². The lowest BCUT2D eigenvalue weighted by atomic mass is 9.56. The van der Waals surface area contributed by atoms with E-state index < -0.39 is 0 Å². The molecular weight excluding hydrogens is 472 g/mol. The SMILES string of the molecule is Cn1cnnc1C1(c2cccc(-n3cc(C4CC4)c4cc(CN5CCCCC5)[nH]c4c3=O)c2)CC2(CC2)C1. The van der Waals surface area contributed by atoms with Crippen LogP contribution in [0.15, 0.2) is 47.7 Å². The highest BCUT2D eigenvalue weighted by Crippen LogP contribution is 2.70. The summed E-state index contributed by atoms with van der Waals surface area (Å²) in [5, 5.41) is 9.92. The van der Waals surface area contributed by atoms with Crippen molar-refractivity contribution in [2.24, 2.45) is 12.5 Å². The van der Waals surface area contributed by atoms with Gasteiger partial charge in [0.25, 0.3) is 5.56 Å². The minimum Gasteiger partial charge on any atom is -0.353 e. The lowest BCUT2D eigenvalue weighted by Crippen LogP contribution is -2.45. The van der Waals surface area contributed by atoms with Gasteiger partial charge >= 0.3 is 0 Å². The number of hydrogen-bond acceptors (Lipinski definition) is 4. The predicted molar refractivity (Wildman–Crippen MR) is 148 cm³/mol. The number of benzene rings is 1. The van der Waals surface area contributed by atoms with E-state index in [4.69, 9.17) is 0 Å². The molecular formula is C31H36N6O. The second-order valence-electron chi connectivity index (χ2n) is 12.7. The van der Waals surface area contributed by atoms with E-state index in [9.17, 15) is 4.79 Å². The third-order valence-corrected chi connectivity index (χ3v) is 9.87. The molecule has 4 heterocycles. The number of pyridine rings is 1. The van der Waals surface area contributed by atoms with Gasteiger partial charge in [-0.2, -0.15) is 0 Å². The summed E-state index contributed by atoms with van der Waals surface area (Å²) in [5.74, 6) is 1.60. The van der Waals surface area contributed by atoms with Gasteiger partial charge in [0.15, 0.2) is 0 Å². The molecule has 0 atom stereocenters. The summed E-state index contributed by atoms with van der Waals surface area (Å²) >= 11 is 0. The molecule has 7 nitrogen and oxygen atoms in total. The topological polar surface area (TPSA) is 71.7 Å². The van der Waals surface area contributed by atoms with E-state index in [0.717, 1.165) is 60.6 Å². The van der Waals surface area contributed by atoms with Crippen molar-refractivity contribution in [3.05, 3.63) is 75.9 Å². The first-order chi connectivity index (χ1) is 18.5. The zero-order valence-electron chi connectivity index (χ0n) is 22.2. The standard InChI is InChI=1S/C31H36N6O/c1-35-20-32-34-29(35)31(18-30(19-31)10-11-30)22-6-5-7-24(14-22)37-17-26(21-8-9-21)25-15-23(33-27(25)28(37)38)16-36-12-3-2-4-13-36/h5-7,14-15,17,20-21,33H,2-4,8-13,16,18-19H2,1H3. The fourth-order valence-corrected chi connectivity index (χ4v) is 7.57. The van der Waals surface area contributed by atoms with E-state index in [0.29, 0.717) is 11.3 Å². The maximum absolute atomic E-state index is 14.0. The van der Waals surface area contributed by atoms with Gasteiger partial charge in [0.05, 0.1) is 5.41 Å². The lowest BCUT2D eigenvalue weighted by Gasteiger charge is -2.48. The molecule has 196 valence electrons. The molecule has 1 N–H and O–H groups in total. The molecule has 3 aliphatic carbocycles. The Morgan fingerprint density at radius 3 is 2.61 bits per heavy atom. The van der Waals surface area contributed by atoms with E-state index in [1.807, 2.05) is 17.9 Å². The van der Waals surface area contributed by atoms with Crippen LogP contribution in [0.2, 0.25) is 0 Å². The van der Waals surface area contributed by atoms with Crippen molar-refractivity contribution in [3.63, 3.8) is 0 Å². The monoisotopic (exact) mass is 508 g/mol. The summed E-state index contributed by atoms with van der Waals surface area (Å²) in [6.45, 7) is 3.20. The summed E-state index contributed by atoms with van der Waals surface area (Å²) in [6, 6.07) is 10.9. The summed E-state index contributed by atoms with van der Waals surface area (Å²) in [7, 11) is 2.05. The van der Waals surface area contributed by atoms with Crippen molar-refractivity contribution in [2.75, 3.05) is 13.1 Å². The van der Waals surface area contributed by atoms with Crippen LogP contribution < -0.4 is 5.56 Å². The summed E-state index contributed by atoms with van der Waals surface area (Å²) in [5.41, 5.74) is 5.85. The Morgan fingerprint density at radius 2 is 1.89 bits per heavy atom. The van der Waals surface area contributed by atoms with Crippen molar-refractivity contribution >= 4 is 10.9 Å². The van der Waals surface area contributed by atoms with Crippen molar-refractivity contribution in [1.29, 1.82) is 0 Å². The number of nitrogens with one attached hydrogen (secondary N) is 1. The van der Waals surface area contributed by atoms with Crippen molar-refractivity contribution < 1.29 is 0 Å². The van der Waals surface area contributed by atoms with Crippen LogP contribution >= 0.6 is 0 Å². The maximum atomic E-state index is 14.0. The van der Waals surface area contributed by atoms with Crippen molar-refractivity contribution in [3.8, 4) is 5.69 Å². The highest BCUT2D eigenvalue weighted by atomic mass is 16.1. The Hall–Kier alpha value is -3.19. The maximum Gasteiger partial charge on any atom is 0.279 e. The number of hydrogen-bond donors (Lipinski definition) is 1. The van der Waals surface area contributed by atoms with Gasteiger partial charge in [-0.3, -0.25) is 14.3 Å². The minimum absolute atomic E-state index is 0.0476. The number of likely N-dealkylation sites (tertiary alicyclic amines) is 1. The first-order valence-corrected chi connectivity index (χ1v) is 14.5. The molecule has 0 bridgehead atoms. The molecule has 3 aromatic heterocycles. The molecule has 1 aliphatic heterocycles. The van der Waals surface area contributed by atoms with Crippen molar-refractivity contribution in [1.82, 2.24) is 29.2 Å². The van der Waals surface area contributed by atoms with Gasteiger partial charge in [0.1, 0.15) is 17.7 Å². The molecule has 0 amide bonds. The number of rotatable bonds is 6. The fraction of sp³-hybridized carbons (Fsp3) is 0.516. The lowest BCUT2D eigenvalue weighted by molar-refractivity contribution is 0.145. The van der Waals surface area contributed by atoms with Crippen LogP contribution in [0.3, 0.4) is 0 Å². The number of aromatic nitrogens is 5. The Morgan fingerprint density at radius 1 is 1.08 bits per heavy atom. The Balaban J connectivity index is 1.22. The normalized spacial score (nSPS) is 22.1. The molecule has 1 aromatic carbocycles. The van der Waals surface area contributed by atoms with Gasteiger partial charge in [-0.05, 0) is 105 Å². The minimum atomic E-state index is -0.126. The number of nitrogens with zero attached hydrogens (tertiary/aromatic N) is 5. The quantitative estimate of drug-likeness (QED) is 0.390. The van der Waals surface area contributed by atoms with Gasteiger partial charge in [0, 0.05) is 36.6 Å². The van der Waals surface area contributed by atoms with Gasteiger partial charge < -0.3 is 9.55 Å². The molecule has 4 aliphatic rings. The van der Waals surface area contributed by atoms with E-state index in [1.165, 1.54) is 56.1 Å². The summed E-state index contributed by atoms with van der Waals surface area (Å²) in [4.78, 5) is 20.0. The molecule has 1 spiro atoms. The second kappa shape index (κ2) is 8.15. The van der Waals surface area contributed by atoms with Crippen LogP contribution in [0.5, 0.6) is 0 Å². The van der Waals surface area contributed by atoms with E-state index >= 15 is 0 Å². The van der Waals surface area contributed by atoms with Crippen molar-refractivity contribution in [2.45, 2.75) is 75.7 Å². The molecule has 7 heteroatoms. The molecule has 8 rings (SSSR count). The zero-order chi connectivity index (χ0) is 25.5. The number of fused-ring (bicyclic) bond motifs is 1. The van der Waals surface area contributed by atoms with Gasteiger partial charge in [-0.15, -0.1) is 10.2 Å². The third kappa shape index (κ3) is 3.54. The highest BCUT2D eigenvalue weighted by Gasteiger charge is 2.63. The Kier molecular flexibility index (Phi) is 4.88. The van der Waals surface area contributed by atoms with Crippen LogP contribution in [-0.2, 0) is 19.0 Å². The summed E-state index contributed by atoms with van der Waals surface area (Å²) < 4.78 is 3.98. The Bertz CT molecular complexity index is 1590. The smallest absolute Gasteiger partial charge is 0.279 e. The third-order valence-electron chi connectivity index (χ3n) is 9.87. The average Bonchev–Trinajstić information content (AvgIpc) is 3.83. The number of aryl methyl sites for hydroxylation is 1. The first kappa shape index (κ1) is 22.8.